The third kappa shape index (κ3) is 6.10. The largest absolute Gasteiger partial charge is 0.378 e. The van der Waals surface area contributed by atoms with Gasteiger partial charge in [-0.2, -0.15) is 0 Å². The minimum absolute atomic E-state index is 0. The molecule has 6 nitrogen and oxygen atoms in total. The molecule has 1 aliphatic heterocycles. The standard InChI is InChI=1S/C15H22N2O4S.ClH/c1-17(15(18)9-13-11-21-8-7-16-13)10-12-3-5-14(6-4-12)22(2,19)20;/h3-6,13,16H,7-11H2,1-2H3;1H. The maximum absolute atomic E-state index is 12.2. The summed E-state index contributed by atoms with van der Waals surface area (Å²) in [4.78, 5) is 14.1. The topological polar surface area (TPSA) is 75.7 Å². The molecule has 1 aromatic carbocycles. The van der Waals surface area contributed by atoms with Crippen LogP contribution in [-0.4, -0.2) is 58.3 Å². The molecule has 1 heterocycles. The lowest BCUT2D eigenvalue weighted by atomic mass is 10.1. The first-order valence-corrected chi connectivity index (χ1v) is 9.09. The van der Waals surface area contributed by atoms with E-state index in [-0.39, 0.29) is 29.3 Å². The highest BCUT2D eigenvalue weighted by Gasteiger charge is 2.19. The fourth-order valence-corrected chi connectivity index (χ4v) is 2.95. The summed E-state index contributed by atoms with van der Waals surface area (Å²) in [5.74, 6) is 0.0372. The molecule has 1 unspecified atom stereocenters. The van der Waals surface area contributed by atoms with Crippen LogP contribution in [-0.2, 0) is 25.9 Å². The van der Waals surface area contributed by atoms with Gasteiger partial charge in [-0.1, -0.05) is 12.1 Å². The van der Waals surface area contributed by atoms with E-state index in [0.29, 0.717) is 26.2 Å². The van der Waals surface area contributed by atoms with Gasteiger partial charge in [0, 0.05) is 38.9 Å². The van der Waals surface area contributed by atoms with E-state index in [1.54, 1.807) is 36.2 Å². The van der Waals surface area contributed by atoms with Crippen LogP contribution >= 0.6 is 12.4 Å². The molecule has 23 heavy (non-hydrogen) atoms. The van der Waals surface area contributed by atoms with Crippen molar-refractivity contribution in [1.82, 2.24) is 10.2 Å². The molecule has 1 fully saturated rings. The van der Waals surface area contributed by atoms with Crippen LogP contribution in [0.2, 0.25) is 0 Å². The van der Waals surface area contributed by atoms with E-state index in [4.69, 9.17) is 4.74 Å². The number of nitrogens with one attached hydrogen (secondary N) is 1. The van der Waals surface area contributed by atoms with Crippen LogP contribution in [0.25, 0.3) is 0 Å². The van der Waals surface area contributed by atoms with Gasteiger partial charge in [-0.15, -0.1) is 12.4 Å². The Kier molecular flexibility index (Phi) is 7.47. The van der Waals surface area contributed by atoms with Crippen LogP contribution in [0.5, 0.6) is 0 Å². The third-order valence-electron chi connectivity index (χ3n) is 3.62. The van der Waals surface area contributed by atoms with Crippen LogP contribution < -0.4 is 5.32 Å². The predicted molar refractivity (Wildman–Crippen MR) is 90.5 cm³/mol. The Morgan fingerprint density at radius 1 is 1.35 bits per heavy atom. The van der Waals surface area contributed by atoms with Crippen LogP contribution in [0.1, 0.15) is 12.0 Å². The fraction of sp³-hybridized carbons (Fsp3) is 0.533. The average Bonchev–Trinajstić information content (AvgIpc) is 2.48. The molecule has 1 atom stereocenters. The van der Waals surface area contributed by atoms with Gasteiger partial charge in [-0.25, -0.2) is 8.42 Å². The quantitative estimate of drug-likeness (QED) is 0.840. The van der Waals surface area contributed by atoms with Crippen molar-refractivity contribution in [1.29, 1.82) is 0 Å². The highest BCUT2D eigenvalue weighted by molar-refractivity contribution is 7.90. The summed E-state index contributed by atoms with van der Waals surface area (Å²) in [6.07, 6.45) is 1.58. The molecule has 0 bridgehead atoms. The number of hydrogen-bond donors (Lipinski definition) is 1. The molecule has 0 aliphatic carbocycles. The number of morpholine rings is 1. The molecule has 1 aliphatic rings. The monoisotopic (exact) mass is 362 g/mol. The number of sulfone groups is 1. The van der Waals surface area contributed by atoms with Crippen molar-refractivity contribution >= 4 is 28.2 Å². The van der Waals surface area contributed by atoms with Crippen molar-refractivity contribution < 1.29 is 17.9 Å². The number of rotatable bonds is 5. The van der Waals surface area contributed by atoms with Gasteiger partial charge in [-0.05, 0) is 17.7 Å². The summed E-state index contributed by atoms with van der Waals surface area (Å²) in [6.45, 7) is 2.47. The minimum Gasteiger partial charge on any atom is -0.378 e. The van der Waals surface area contributed by atoms with E-state index in [0.717, 1.165) is 12.1 Å². The maximum atomic E-state index is 12.2. The predicted octanol–water partition coefficient (Wildman–Crippen LogP) is 0.849. The van der Waals surface area contributed by atoms with Gasteiger partial charge in [0.25, 0.3) is 0 Å². The Morgan fingerprint density at radius 3 is 2.52 bits per heavy atom. The first-order valence-electron chi connectivity index (χ1n) is 7.20. The first kappa shape index (κ1) is 19.9. The van der Waals surface area contributed by atoms with Crippen LogP contribution in [0.15, 0.2) is 29.2 Å². The number of carbonyl (C=O) groups is 1. The van der Waals surface area contributed by atoms with E-state index in [9.17, 15) is 13.2 Å². The minimum atomic E-state index is -3.19. The zero-order valence-electron chi connectivity index (χ0n) is 13.3. The number of halogens is 1. The van der Waals surface area contributed by atoms with Gasteiger partial charge in [0.15, 0.2) is 9.84 Å². The number of hydrogen-bond acceptors (Lipinski definition) is 5. The second kappa shape index (κ2) is 8.63. The number of amides is 1. The van der Waals surface area contributed by atoms with Gasteiger partial charge < -0.3 is 15.0 Å². The molecule has 8 heteroatoms. The molecule has 0 aromatic heterocycles. The summed E-state index contributed by atoms with van der Waals surface area (Å²) in [5.41, 5.74) is 0.899. The molecule has 2 rings (SSSR count). The van der Waals surface area contributed by atoms with Gasteiger partial charge in [0.1, 0.15) is 0 Å². The normalized spacial score (nSPS) is 18.1. The Balaban J connectivity index is 0.00000264. The number of nitrogens with zero attached hydrogens (tertiary/aromatic N) is 1. The molecule has 1 N–H and O–H groups in total. The van der Waals surface area contributed by atoms with Crippen LogP contribution in [0.4, 0.5) is 0 Å². The molecular formula is C15H23ClN2O4S. The lowest BCUT2D eigenvalue weighted by Gasteiger charge is -2.25. The number of ether oxygens (including phenoxy) is 1. The van der Waals surface area contributed by atoms with E-state index in [1.165, 1.54) is 6.26 Å². The second-order valence-electron chi connectivity index (χ2n) is 5.60. The molecule has 0 spiro atoms. The molecule has 130 valence electrons. The van der Waals surface area contributed by atoms with Gasteiger partial charge in [0.2, 0.25) is 5.91 Å². The van der Waals surface area contributed by atoms with E-state index in [2.05, 4.69) is 5.32 Å². The maximum Gasteiger partial charge on any atom is 0.224 e. The summed E-state index contributed by atoms with van der Waals surface area (Å²) < 4.78 is 28.2. The van der Waals surface area contributed by atoms with E-state index < -0.39 is 9.84 Å². The first-order chi connectivity index (χ1) is 10.4. The number of carbonyl (C=O) groups excluding carboxylic acids is 1. The molecule has 1 amide bonds. The zero-order valence-corrected chi connectivity index (χ0v) is 15.0. The lowest BCUT2D eigenvalue weighted by Crippen LogP contribution is -2.44. The van der Waals surface area contributed by atoms with Gasteiger partial charge >= 0.3 is 0 Å². The van der Waals surface area contributed by atoms with E-state index >= 15 is 0 Å². The highest BCUT2D eigenvalue weighted by Crippen LogP contribution is 2.12. The van der Waals surface area contributed by atoms with Crippen molar-refractivity contribution in [2.45, 2.75) is 23.9 Å². The summed E-state index contributed by atoms with van der Waals surface area (Å²) in [6, 6.07) is 6.68. The summed E-state index contributed by atoms with van der Waals surface area (Å²) >= 11 is 0. The van der Waals surface area contributed by atoms with Crippen LogP contribution in [0.3, 0.4) is 0 Å². The van der Waals surface area contributed by atoms with Gasteiger partial charge in [-0.3, -0.25) is 4.79 Å². The molecular weight excluding hydrogens is 340 g/mol. The second-order valence-corrected chi connectivity index (χ2v) is 7.61. The molecule has 1 saturated heterocycles. The smallest absolute Gasteiger partial charge is 0.224 e. The molecule has 0 saturated carbocycles. The molecule has 1 aromatic rings. The third-order valence-corrected chi connectivity index (χ3v) is 4.74. The average molecular weight is 363 g/mol. The van der Waals surface area contributed by atoms with Crippen LogP contribution in [0, 0.1) is 0 Å². The number of benzene rings is 1. The Bertz CT molecular complexity index is 613. The highest BCUT2D eigenvalue weighted by atomic mass is 35.5. The van der Waals surface area contributed by atoms with Gasteiger partial charge in [0.05, 0.1) is 18.1 Å². The fourth-order valence-electron chi connectivity index (χ4n) is 2.32. The Morgan fingerprint density at radius 2 is 2.00 bits per heavy atom. The summed E-state index contributed by atoms with van der Waals surface area (Å²) in [5, 5.41) is 3.25. The van der Waals surface area contributed by atoms with Crippen molar-refractivity contribution in [2.75, 3.05) is 33.1 Å². The van der Waals surface area contributed by atoms with E-state index in [1.807, 2.05) is 0 Å². The Hall–Kier alpha value is -1.15. The van der Waals surface area contributed by atoms with Crippen molar-refractivity contribution in [3.05, 3.63) is 29.8 Å². The lowest BCUT2D eigenvalue weighted by molar-refractivity contribution is -0.131. The van der Waals surface area contributed by atoms with Crippen molar-refractivity contribution in [3.63, 3.8) is 0 Å². The Labute approximate surface area is 143 Å². The molecule has 0 radical (unpaired) electrons. The van der Waals surface area contributed by atoms with Crippen molar-refractivity contribution in [3.8, 4) is 0 Å². The van der Waals surface area contributed by atoms with Crippen molar-refractivity contribution in [2.24, 2.45) is 0 Å². The SMILES string of the molecule is CN(Cc1ccc(S(C)(=O)=O)cc1)C(=O)CC1COCCN1.Cl. The summed E-state index contributed by atoms with van der Waals surface area (Å²) in [7, 11) is -1.44. The zero-order chi connectivity index (χ0) is 16.2.